The van der Waals surface area contributed by atoms with Crippen molar-refractivity contribution in [2.45, 2.75) is 39.3 Å². The molecule has 1 aliphatic rings. The minimum absolute atomic E-state index is 0.476. The van der Waals surface area contributed by atoms with E-state index in [0.29, 0.717) is 12.8 Å². The molecule has 0 heterocycles. The lowest BCUT2D eigenvalue weighted by atomic mass is 9.70. The zero-order valence-corrected chi connectivity index (χ0v) is 9.69. The van der Waals surface area contributed by atoms with Crippen LogP contribution in [-0.2, 0) is 9.59 Å². The van der Waals surface area contributed by atoms with Crippen molar-refractivity contribution in [1.29, 1.82) is 0 Å². The number of carboxylic acid groups (broad SMARTS) is 1. The molecule has 0 spiro atoms. The molecule has 1 amide bonds. The molecule has 7 heteroatoms. The van der Waals surface area contributed by atoms with E-state index < -0.39 is 30.0 Å². The van der Waals surface area contributed by atoms with Gasteiger partial charge < -0.3 is 15.2 Å². The summed E-state index contributed by atoms with van der Waals surface area (Å²) in [6.07, 6.45) is -2.00. The summed E-state index contributed by atoms with van der Waals surface area (Å²) >= 11 is 0. The standard InChI is InChI=1S/C8H12F3NO.C2H4O2/c1-7(3-2-4-7)6(13)12-5-8(9,10)11;1-2(3)4/h2-5H2,1H3,(H,12,13);1H3,(H,3,4)/p-1. The van der Waals surface area contributed by atoms with Gasteiger partial charge in [0.15, 0.2) is 0 Å². The number of carbonyl (C=O) groups is 2. The second kappa shape index (κ2) is 5.88. The number of hydrogen-bond donors (Lipinski definition) is 1. The molecule has 1 N–H and O–H groups in total. The van der Waals surface area contributed by atoms with E-state index >= 15 is 0 Å². The van der Waals surface area contributed by atoms with Gasteiger partial charge in [0.25, 0.3) is 0 Å². The summed E-state index contributed by atoms with van der Waals surface area (Å²) in [6, 6.07) is 0. The monoisotopic (exact) mass is 254 g/mol. The third-order valence-electron chi connectivity index (χ3n) is 2.45. The van der Waals surface area contributed by atoms with Crippen LogP contribution >= 0.6 is 0 Å². The van der Waals surface area contributed by atoms with E-state index in [-0.39, 0.29) is 0 Å². The number of rotatable bonds is 2. The largest absolute Gasteiger partial charge is 0.550 e. The van der Waals surface area contributed by atoms with Crippen LogP contribution in [0.2, 0.25) is 0 Å². The predicted octanol–water partition coefficient (Wildman–Crippen LogP) is 0.611. The van der Waals surface area contributed by atoms with Crippen LogP contribution in [0.4, 0.5) is 13.2 Å². The van der Waals surface area contributed by atoms with Crippen LogP contribution in [0, 0.1) is 5.41 Å². The number of nitrogens with one attached hydrogen (secondary N) is 1. The third kappa shape index (κ3) is 6.80. The molecule has 1 aliphatic carbocycles. The van der Waals surface area contributed by atoms with Crippen molar-refractivity contribution in [2.75, 3.05) is 6.54 Å². The SMILES string of the molecule is CC(=O)[O-].CC1(C(=O)NCC(F)(F)F)CCC1. The second-order valence-corrected chi connectivity index (χ2v) is 4.20. The van der Waals surface area contributed by atoms with Crippen molar-refractivity contribution in [3.63, 3.8) is 0 Å². The van der Waals surface area contributed by atoms with E-state index in [1.165, 1.54) is 0 Å². The molecular formula is C10H15F3NO3-. The second-order valence-electron chi connectivity index (χ2n) is 4.20. The fourth-order valence-corrected chi connectivity index (χ4v) is 1.33. The van der Waals surface area contributed by atoms with Gasteiger partial charge in [0.05, 0.1) is 0 Å². The minimum atomic E-state index is -4.31. The summed E-state index contributed by atoms with van der Waals surface area (Å²) in [7, 11) is 0. The lowest BCUT2D eigenvalue weighted by Gasteiger charge is -2.36. The van der Waals surface area contributed by atoms with E-state index in [4.69, 9.17) is 9.90 Å². The minimum Gasteiger partial charge on any atom is -0.550 e. The summed E-state index contributed by atoms with van der Waals surface area (Å²) in [5, 5.41) is 10.8. The van der Waals surface area contributed by atoms with E-state index in [2.05, 4.69) is 0 Å². The fourth-order valence-electron chi connectivity index (χ4n) is 1.33. The zero-order chi connectivity index (χ0) is 13.7. The third-order valence-corrected chi connectivity index (χ3v) is 2.45. The number of alkyl halides is 3. The molecule has 0 unspecified atom stereocenters. The van der Waals surface area contributed by atoms with Crippen LogP contribution in [0.3, 0.4) is 0 Å². The number of carbonyl (C=O) groups excluding carboxylic acids is 2. The van der Waals surface area contributed by atoms with Gasteiger partial charge in [-0.05, 0) is 19.8 Å². The van der Waals surface area contributed by atoms with Crippen molar-refractivity contribution >= 4 is 11.9 Å². The van der Waals surface area contributed by atoms with Gasteiger partial charge in [0, 0.05) is 11.4 Å². The first-order valence-electron chi connectivity index (χ1n) is 5.09. The highest BCUT2D eigenvalue weighted by molar-refractivity contribution is 5.83. The van der Waals surface area contributed by atoms with E-state index in [1.54, 1.807) is 6.92 Å². The topological polar surface area (TPSA) is 69.2 Å². The molecule has 1 fully saturated rings. The Labute approximate surface area is 97.2 Å². The van der Waals surface area contributed by atoms with Crippen molar-refractivity contribution in [1.82, 2.24) is 5.32 Å². The molecule has 0 saturated heterocycles. The van der Waals surface area contributed by atoms with Crippen LogP contribution in [0.25, 0.3) is 0 Å². The maximum Gasteiger partial charge on any atom is 0.405 e. The Bertz CT molecular complexity index is 281. The van der Waals surface area contributed by atoms with Gasteiger partial charge in [-0.2, -0.15) is 13.2 Å². The van der Waals surface area contributed by atoms with E-state index in [1.807, 2.05) is 5.32 Å². The van der Waals surface area contributed by atoms with Gasteiger partial charge in [0.2, 0.25) is 5.91 Å². The molecule has 1 saturated carbocycles. The molecule has 0 aromatic carbocycles. The highest BCUT2D eigenvalue weighted by Gasteiger charge is 2.40. The molecule has 0 aromatic rings. The van der Waals surface area contributed by atoms with E-state index in [0.717, 1.165) is 13.3 Å². The Balaban J connectivity index is 0.000000557. The Morgan fingerprint density at radius 3 is 2.00 bits per heavy atom. The molecule has 0 aliphatic heterocycles. The Hall–Kier alpha value is -1.27. The molecule has 0 radical (unpaired) electrons. The number of carboxylic acids is 1. The summed E-state index contributed by atoms with van der Waals surface area (Å²) in [5.74, 6) is -1.56. The molecule has 0 bridgehead atoms. The normalized spacial score (nSPS) is 17.2. The summed E-state index contributed by atoms with van der Waals surface area (Å²) < 4.78 is 35.1. The molecule has 100 valence electrons. The number of aliphatic carboxylic acids is 1. The molecular weight excluding hydrogens is 239 g/mol. The summed E-state index contributed by atoms with van der Waals surface area (Å²) in [5.41, 5.74) is -0.550. The van der Waals surface area contributed by atoms with Gasteiger partial charge in [-0.25, -0.2) is 0 Å². The Morgan fingerprint density at radius 1 is 1.35 bits per heavy atom. The quantitative estimate of drug-likeness (QED) is 0.785. The maximum absolute atomic E-state index is 11.7. The first kappa shape index (κ1) is 15.7. The van der Waals surface area contributed by atoms with Crippen molar-refractivity contribution in [2.24, 2.45) is 5.41 Å². The van der Waals surface area contributed by atoms with Crippen LogP contribution in [0.15, 0.2) is 0 Å². The number of amides is 1. The first-order valence-corrected chi connectivity index (χ1v) is 5.09. The number of hydrogen-bond acceptors (Lipinski definition) is 3. The predicted molar refractivity (Wildman–Crippen MR) is 51.7 cm³/mol. The van der Waals surface area contributed by atoms with Gasteiger partial charge >= 0.3 is 6.18 Å². The van der Waals surface area contributed by atoms with Gasteiger partial charge in [-0.1, -0.05) is 13.3 Å². The molecule has 4 nitrogen and oxygen atoms in total. The van der Waals surface area contributed by atoms with Crippen LogP contribution in [0.1, 0.15) is 33.1 Å². The Morgan fingerprint density at radius 2 is 1.76 bits per heavy atom. The average molecular weight is 254 g/mol. The smallest absolute Gasteiger partial charge is 0.405 e. The lowest BCUT2D eigenvalue weighted by molar-refractivity contribution is -0.302. The zero-order valence-electron chi connectivity index (χ0n) is 9.69. The van der Waals surface area contributed by atoms with Gasteiger partial charge in [0.1, 0.15) is 6.54 Å². The average Bonchev–Trinajstić information content (AvgIpc) is 2.08. The Kier molecular flexibility index (Phi) is 5.44. The van der Waals surface area contributed by atoms with Crippen molar-refractivity contribution in [3.8, 4) is 0 Å². The molecule has 0 atom stereocenters. The molecule has 0 aromatic heterocycles. The van der Waals surface area contributed by atoms with Crippen molar-refractivity contribution < 1.29 is 27.9 Å². The van der Waals surface area contributed by atoms with Gasteiger partial charge in [-0.3, -0.25) is 4.79 Å². The van der Waals surface area contributed by atoms with E-state index in [9.17, 15) is 18.0 Å². The fraction of sp³-hybridized carbons (Fsp3) is 0.800. The summed E-state index contributed by atoms with van der Waals surface area (Å²) in [4.78, 5) is 20.1. The first-order chi connectivity index (χ1) is 7.57. The number of halogens is 3. The van der Waals surface area contributed by atoms with Crippen LogP contribution < -0.4 is 10.4 Å². The van der Waals surface area contributed by atoms with Gasteiger partial charge in [-0.15, -0.1) is 0 Å². The van der Waals surface area contributed by atoms with Crippen molar-refractivity contribution in [3.05, 3.63) is 0 Å². The van der Waals surface area contributed by atoms with Crippen LogP contribution in [0.5, 0.6) is 0 Å². The summed E-state index contributed by atoms with van der Waals surface area (Å²) in [6.45, 7) is 1.45. The maximum atomic E-state index is 11.7. The lowest BCUT2D eigenvalue weighted by Crippen LogP contribution is -2.46. The highest BCUT2D eigenvalue weighted by Crippen LogP contribution is 2.40. The molecule has 17 heavy (non-hydrogen) atoms. The highest BCUT2D eigenvalue weighted by atomic mass is 19.4. The molecule has 1 rings (SSSR count). The van der Waals surface area contributed by atoms with Crippen LogP contribution in [-0.4, -0.2) is 24.6 Å².